The topological polar surface area (TPSA) is 43.4 Å². The van der Waals surface area contributed by atoms with Crippen molar-refractivity contribution < 1.29 is 14.3 Å². The Bertz CT molecular complexity index is 372. The zero-order valence-electron chi connectivity index (χ0n) is 10.7. The van der Waals surface area contributed by atoms with E-state index in [0.29, 0.717) is 12.2 Å². The number of esters is 1. The third kappa shape index (κ3) is 1.81. The lowest BCUT2D eigenvalue weighted by molar-refractivity contribution is -0.159. The van der Waals surface area contributed by atoms with Gasteiger partial charge in [-0.15, -0.1) is 0 Å². The summed E-state index contributed by atoms with van der Waals surface area (Å²) >= 11 is 0. The molecule has 0 radical (unpaired) electrons. The first-order valence-electron chi connectivity index (χ1n) is 6.24. The van der Waals surface area contributed by atoms with E-state index in [2.05, 4.69) is 6.58 Å². The second kappa shape index (κ2) is 4.28. The van der Waals surface area contributed by atoms with E-state index in [1.54, 1.807) is 0 Å². The van der Waals surface area contributed by atoms with Crippen LogP contribution in [0.3, 0.4) is 0 Å². The van der Waals surface area contributed by atoms with E-state index in [1.807, 2.05) is 13.8 Å². The van der Waals surface area contributed by atoms with Gasteiger partial charge in [0, 0.05) is 11.8 Å². The largest absolute Gasteiger partial charge is 0.469 e. The van der Waals surface area contributed by atoms with Crippen molar-refractivity contribution in [3.8, 4) is 0 Å². The highest BCUT2D eigenvalue weighted by Gasteiger charge is 2.53. The van der Waals surface area contributed by atoms with E-state index in [-0.39, 0.29) is 35.6 Å². The quantitative estimate of drug-likeness (QED) is 0.545. The fourth-order valence-electron chi connectivity index (χ4n) is 3.62. The molecule has 3 aliphatic rings. The number of rotatable bonds is 2. The molecule has 0 aliphatic heterocycles. The molecule has 94 valence electrons. The number of fused-ring (bicyclic) bond motifs is 3. The summed E-state index contributed by atoms with van der Waals surface area (Å²) in [4.78, 5) is 23.9. The summed E-state index contributed by atoms with van der Waals surface area (Å²) in [7, 11) is 1.42. The molecule has 3 aliphatic carbocycles. The molecule has 0 aromatic carbocycles. The Balaban J connectivity index is 2.26. The highest BCUT2D eigenvalue weighted by molar-refractivity contribution is 5.88. The number of hydrogen-bond acceptors (Lipinski definition) is 3. The first kappa shape index (κ1) is 12.3. The highest BCUT2D eigenvalue weighted by atomic mass is 16.5. The van der Waals surface area contributed by atoms with Gasteiger partial charge in [-0.2, -0.15) is 0 Å². The van der Waals surface area contributed by atoms with Gasteiger partial charge in [0.25, 0.3) is 0 Å². The zero-order chi connectivity index (χ0) is 12.7. The summed E-state index contributed by atoms with van der Waals surface area (Å²) < 4.78 is 4.85. The lowest BCUT2D eigenvalue weighted by Gasteiger charge is -2.48. The number of methoxy groups -OCH3 is 1. The molecule has 0 unspecified atom stereocenters. The molecule has 3 heteroatoms. The summed E-state index contributed by atoms with van der Waals surface area (Å²) in [6, 6.07) is 0. The SMILES string of the molecule is C=C(C)[C@@H]1C[C@H]2[C@H](C)C(=O)[C@H]1C[C@@H]2C(=O)OC. The third-order valence-electron chi connectivity index (χ3n) is 4.63. The van der Waals surface area contributed by atoms with Crippen molar-refractivity contribution in [3.63, 3.8) is 0 Å². The summed E-state index contributed by atoms with van der Waals surface area (Å²) in [5, 5.41) is 0. The van der Waals surface area contributed by atoms with Crippen molar-refractivity contribution in [2.75, 3.05) is 7.11 Å². The third-order valence-corrected chi connectivity index (χ3v) is 4.63. The van der Waals surface area contributed by atoms with E-state index in [0.717, 1.165) is 12.0 Å². The van der Waals surface area contributed by atoms with Crippen LogP contribution in [-0.4, -0.2) is 18.9 Å². The normalized spacial score (nSPS) is 40.2. The lowest BCUT2D eigenvalue weighted by Crippen LogP contribution is -2.51. The van der Waals surface area contributed by atoms with Gasteiger partial charge in [0.1, 0.15) is 5.78 Å². The Kier molecular flexibility index (Phi) is 3.11. The Morgan fingerprint density at radius 2 is 2.00 bits per heavy atom. The van der Waals surface area contributed by atoms with Crippen molar-refractivity contribution in [2.24, 2.45) is 29.6 Å². The number of carbonyl (C=O) groups excluding carboxylic acids is 2. The molecule has 3 fully saturated rings. The molecule has 5 atom stereocenters. The van der Waals surface area contributed by atoms with Crippen LogP contribution >= 0.6 is 0 Å². The fraction of sp³-hybridized carbons (Fsp3) is 0.714. The molecule has 17 heavy (non-hydrogen) atoms. The number of ketones is 1. The second-order valence-corrected chi connectivity index (χ2v) is 5.52. The van der Waals surface area contributed by atoms with Gasteiger partial charge in [-0.1, -0.05) is 19.1 Å². The van der Waals surface area contributed by atoms with Crippen LogP contribution in [0.5, 0.6) is 0 Å². The molecule has 0 amide bonds. The molecular formula is C14H20O3. The smallest absolute Gasteiger partial charge is 0.308 e. The fourth-order valence-corrected chi connectivity index (χ4v) is 3.62. The van der Waals surface area contributed by atoms with Crippen molar-refractivity contribution in [1.82, 2.24) is 0 Å². The van der Waals surface area contributed by atoms with Gasteiger partial charge in [0.05, 0.1) is 13.0 Å². The molecule has 3 rings (SSSR count). The molecule has 3 nitrogen and oxygen atoms in total. The van der Waals surface area contributed by atoms with E-state index < -0.39 is 0 Å². The highest BCUT2D eigenvalue weighted by Crippen LogP contribution is 2.51. The van der Waals surface area contributed by atoms with Gasteiger partial charge < -0.3 is 4.74 Å². The Hall–Kier alpha value is -1.12. The number of carbonyl (C=O) groups is 2. The first-order chi connectivity index (χ1) is 7.97. The Morgan fingerprint density at radius 3 is 2.53 bits per heavy atom. The van der Waals surface area contributed by atoms with E-state index in [4.69, 9.17) is 4.74 Å². The van der Waals surface area contributed by atoms with Gasteiger partial charge in [0.2, 0.25) is 0 Å². The van der Waals surface area contributed by atoms with Crippen LogP contribution in [0.2, 0.25) is 0 Å². The summed E-state index contributed by atoms with van der Waals surface area (Å²) in [5.74, 6) is 0.457. The van der Waals surface area contributed by atoms with Crippen LogP contribution in [0, 0.1) is 29.6 Å². The minimum atomic E-state index is -0.153. The van der Waals surface area contributed by atoms with E-state index in [1.165, 1.54) is 7.11 Å². The van der Waals surface area contributed by atoms with Gasteiger partial charge in [-0.3, -0.25) is 9.59 Å². The van der Waals surface area contributed by atoms with Crippen LogP contribution in [-0.2, 0) is 14.3 Å². The molecule has 0 heterocycles. The minimum absolute atomic E-state index is 0.00606. The van der Waals surface area contributed by atoms with Crippen LogP contribution in [0.25, 0.3) is 0 Å². The van der Waals surface area contributed by atoms with Gasteiger partial charge in [0.15, 0.2) is 0 Å². The monoisotopic (exact) mass is 236 g/mol. The molecular weight excluding hydrogens is 216 g/mol. The summed E-state index contributed by atoms with van der Waals surface area (Å²) in [6.45, 7) is 7.91. The first-order valence-corrected chi connectivity index (χ1v) is 6.24. The standard InChI is InChI=1S/C14H20O3/c1-7(2)9-5-10-8(3)13(15)11(9)6-12(10)14(16)17-4/h8-12H,1,5-6H2,2-4H3/t8-,9-,10-,11-,12-/m0/s1. The van der Waals surface area contributed by atoms with Crippen LogP contribution in [0.1, 0.15) is 26.7 Å². The van der Waals surface area contributed by atoms with Crippen LogP contribution in [0.15, 0.2) is 12.2 Å². The maximum atomic E-state index is 12.2. The lowest BCUT2D eigenvalue weighted by atomic mass is 9.54. The molecule has 0 aromatic rings. The van der Waals surface area contributed by atoms with E-state index in [9.17, 15) is 9.59 Å². The maximum absolute atomic E-state index is 12.2. The molecule has 2 bridgehead atoms. The van der Waals surface area contributed by atoms with Crippen LogP contribution < -0.4 is 0 Å². The second-order valence-electron chi connectivity index (χ2n) is 5.52. The maximum Gasteiger partial charge on any atom is 0.308 e. The number of hydrogen-bond donors (Lipinski definition) is 0. The van der Waals surface area contributed by atoms with Crippen molar-refractivity contribution >= 4 is 11.8 Å². The van der Waals surface area contributed by atoms with Crippen molar-refractivity contribution in [3.05, 3.63) is 12.2 Å². The number of ether oxygens (including phenoxy) is 1. The molecule has 0 saturated heterocycles. The Labute approximate surface area is 102 Å². The van der Waals surface area contributed by atoms with Gasteiger partial charge >= 0.3 is 5.97 Å². The van der Waals surface area contributed by atoms with E-state index >= 15 is 0 Å². The average Bonchev–Trinajstić information content (AvgIpc) is 2.32. The van der Waals surface area contributed by atoms with Crippen molar-refractivity contribution in [1.29, 1.82) is 0 Å². The minimum Gasteiger partial charge on any atom is -0.469 e. The predicted molar refractivity (Wildman–Crippen MR) is 64.2 cm³/mol. The zero-order valence-corrected chi connectivity index (χ0v) is 10.7. The molecule has 3 saturated carbocycles. The molecule has 0 aromatic heterocycles. The Morgan fingerprint density at radius 1 is 1.35 bits per heavy atom. The number of allylic oxidation sites excluding steroid dienone is 1. The summed E-state index contributed by atoms with van der Waals surface area (Å²) in [6.07, 6.45) is 1.56. The average molecular weight is 236 g/mol. The molecule has 0 N–H and O–H groups in total. The molecule has 0 spiro atoms. The summed E-state index contributed by atoms with van der Waals surface area (Å²) in [5.41, 5.74) is 1.07. The predicted octanol–water partition coefficient (Wildman–Crippen LogP) is 2.21. The van der Waals surface area contributed by atoms with Crippen molar-refractivity contribution in [2.45, 2.75) is 26.7 Å². The van der Waals surface area contributed by atoms with Gasteiger partial charge in [-0.05, 0) is 31.6 Å². The van der Waals surface area contributed by atoms with Gasteiger partial charge in [-0.25, -0.2) is 0 Å². The number of Topliss-reactive ketones (excluding diaryl/α,β-unsaturated/α-hetero) is 1. The van der Waals surface area contributed by atoms with Crippen LogP contribution in [0.4, 0.5) is 0 Å².